The topological polar surface area (TPSA) is 37.6 Å². The quantitative estimate of drug-likeness (QED) is 0.500. The van der Waals surface area contributed by atoms with Crippen molar-refractivity contribution in [2.45, 2.75) is 0 Å². The number of hydrogen-bond donors (Lipinski definition) is 0. The maximum Gasteiger partial charge on any atom is 0.0267 e. The molecule has 3 rings (SSSR count). The van der Waals surface area contributed by atoms with Crippen molar-refractivity contribution >= 4 is 22.2 Å². The molecule has 0 radical (unpaired) electrons. The largest absolute Gasteiger partial charge is 0.265 e. The van der Waals surface area contributed by atoms with E-state index in [1.165, 1.54) is 0 Å². The summed E-state index contributed by atoms with van der Waals surface area (Å²) in [5.74, 6) is 0. The molecule has 1 heterocycles. The Hall–Kier alpha value is -2.55. The molecule has 0 saturated heterocycles. The van der Waals surface area contributed by atoms with Gasteiger partial charge in [0.15, 0.2) is 0 Å². The van der Waals surface area contributed by atoms with E-state index in [9.17, 15) is 0 Å². The van der Waals surface area contributed by atoms with E-state index in [0.29, 0.717) is 4.61 Å². The van der Waals surface area contributed by atoms with Crippen molar-refractivity contribution in [1.82, 2.24) is 4.98 Å². The average Bonchev–Trinajstić information content (AvgIpc) is 2.64. The third kappa shape index (κ3) is 7.32. The number of para-hydroxylation sites is 2. The van der Waals surface area contributed by atoms with Gasteiger partial charge in [0.2, 0.25) is 0 Å². The molecular weight excluding hydrogens is 326 g/mol. The van der Waals surface area contributed by atoms with Crippen LogP contribution >= 0.6 is 0 Å². The molecule has 0 unspecified atom stereocenters. The number of aliphatic imine (C=N–C) groups is 2. The van der Waals surface area contributed by atoms with E-state index in [4.69, 9.17) is 0 Å². The van der Waals surface area contributed by atoms with Crippen molar-refractivity contribution in [3.63, 3.8) is 0 Å². The van der Waals surface area contributed by atoms with Crippen molar-refractivity contribution in [2.24, 2.45) is 9.98 Å². The summed E-state index contributed by atoms with van der Waals surface area (Å²) in [7, 11) is 0. The molecule has 0 bridgehead atoms. The minimum Gasteiger partial charge on any atom is -0.265 e. The third-order valence-corrected chi connectivity index (χ3v) is 2.90. The molecule has 4 heteroatoms. The van der Waals surface area contributed by atoms with Gasteiger partial charge >= 0.3 is 109 Å². The molecule has 0 aliphatic carbocycles. The van der Waals surface area contributed by atoms with Crippen LogP contribution < -0.4 is 0 Å². The van der Waals surface area contributed by atoms with Crippen molar-refractivity contribution in [2.75, 3.05) is 0 Å². The summed E-state index contributed by atoms with van der Waals surface area (Å²) in [6.45, 7) is 0. The van der Waals surface area contributed by atoms with Crippen molar-refractivity contribution in [3.05, 3.63) is 91.3 Å². The van der Waals surface area contributed by atoms with E-state index in [-0.39, 0.29) is 0 Å². The Morgan fingerprint density at radius 3 is 1.74 bits per heavy atom. The summed E-state index contributed by atoms with van der Waals surface area (Å²) in [5.41, 5.74) is 1.79. The first-order chi connectivity index (χ1) is 11.3. The van der Waals surface area contributed by atoms with E-state index in [0.717, 1.165) is 11.4 Å². The smallest absolute Gasteiger partial charge is 0.0267 e. The van der Waals surface area contributed by atoms with Gasteiger partial charge in [-0.15, -0.1) is 0 Å². The van der Waals surface area contributed by atoms with E-state index in [1.807, 2.05) is 78.9 Å². The van der Waals surface area contributed by atoms with Crippen LogP contribution in [0.25, 0.3) is 0 Å². The molecule has 3 aromatic rings. The summed E-state index contributed by atoms with van der Waals surface area (Å²) in [6, 6.07) is 25.2. The SMILES string of the molecule is [Fe][C](C=Nc1ccccc1)=Nc1ccccc1.c1ccncc1. The molecule has 0 amide bonds. The summed E-state index contributed by atoms with van der Waals surface area (Å²) in [6.07, 6.45) is 5.17. The Labute approximate surface area is 144 Å². The number of benzene rings is 2. The summed E-state index contributed by atoms with van der Waals surface area (Å²) in [4.78, 5) is 12.4. The Kier molecular flexibility index (Phi) is 7.47. The minimum atomic E-state index is 0.639. The molecule has 0 spiro atoms. The monoisotopic (exact) mass is 342 g/mol. The Bertz CT molecular complexity index is 700. The maximum atomic E-state index is 4.33. The third-order valence-electron chi connectivity index (χ3n) is 2.63. The van der Waals surface area contributed by atoms with Crippen LogP contribution in [-0.4, -0.2) is 15.8 Å². The van der Waals surface area contributed by atoms with Gasteiger partial charge in [0, 0.05) is 12.4 Å². The molecule has 3 nitrogen and oxygen atoms in total. The number of nitrogens with zero attached hydrogens (tertiary/aromatic N) is 3. The molecule has 1 aromatic heterocycles. The van der Waals surface area contributed by atoms with Crippen molar-refractivity contribution in [1.29, 1.82) is 0 Å². The molecule has 0 aliphatic heterocycles. The minimum absolute atomic E-state index is 0.639. The van der Waals surface area contributed by atoms with Gasteiger partial charge in [-0.1, -0.05) is 6.07 Å². The molecule has 0 saturated carbocycles. The van der Waals surface area contributed by atoms with Gasteiger partial charge in [0.1, 0.15) is 0 Å². The van der Waals surface area contributed by atoms with Gasteiger partial charge in [-0.2, -0.15) is 0 Å². The molecule has 115 valence electrons. The number of rotatable bonds is 3. The molecule has 0 aliphatic rings. The van der Waals surface area contributed by atoms with Crippen LogP contribution in [0.15, 0.2) is 101 Å². The second-order valence-corrected chi connectivity index (χ2v) is 4.94. The Morgan fingerprint density at radius 2 is 1.26 bits per heavy atom. The van der Waals surface area contributed by atoms with Crippen LogP contribution in [0.3, 0.4) is 0 Å². The molecule has 0 N–H and O–H groups in total. The zero-order valence-electron chi connectivity index (χ0n) is 12.4. The Balaban J connectivity index is 0.000000268. The van der Waals surface area contributed by atoms with Gasteiger partial charge in [-0.05, 0) is 12.1 Å². The summed E-state index contributed by atoms with van der Waals surface area (Å²) >= 11 is 3.85. The van der Waals surface area contributed by atoms with E-state index < -0.39 is 0 Å². The fourth-order valence-corrected chi connectivity index (χ4v) is 1.82. The average molecular weight is 342 g/mol. The predicted octanol–water partition coefficient (Wildman–Crippen LogP) is 4.75. The second-order valence-electron chi connectivity index (χ2n) is 4.38. The normalized spacial score (nSPS) is 10.9. The first kappa shape index (κ1) is 16.8. The van der Waals surface area contributed by atoms with Crippen LogP contribution in [0.5, 0.6) is 0 Å². The van der Waals surface area contributed by atoms with Crippen LogP contribution in [-0.2, 0) is 16.0 Å². The molecule has 0 atom stereocenters. The van der Waals surface area contributed by atoms with Crippen LogP contribution in [0.1, 0.15) is 0 Å². The number of aromatic nitrogens is 1. The molecule has 0 fully saturated rings. The number of pyridine rings is 1. The summed E-state index contributed by atoms with van der Waals surface area (Å²) < 4.78 is 0.639. The van der Waals surface area contributed by atoms with E-state index in [2.05, 4.69) is 31.0 Å². The predicted molar refractivity (Wildman–Crippen MR) is 92.4 cm³/mol. The zero-order valence-corrected chi connectivity index (χ0v) is 13.5. The van der Waals surface area contributed by atoms with Crippen molar-refractivity contribution < 1.29 is 16.0 Å². The fraction of sp³-hybridized carbons (Fsp3) is 0. The van der Waals surface area contributed by atoms with Crippen LogP contribution in [0.4, 0.5) is 11.4 Å². The molecular formula is C19H16FeN3. The Morgan fingerprint density at radius 1 is 0.739 bits per heavy atom. The standard InChI is InChI=1S/C14H11N2.C5H5N.Fe/c1-3-7-13(8-4-1)15-11-12-16-14-9-5-2-6-10-14;1-2-4-6-5-3-1;/h1-11H;1-5H;. The first-order valence-corrected chi connectivity index (χ1v) is 7.62. The second kappa shape index (κ2) is 10.2. The van der Waals surface area contributed by atoms with Gasteiger partial charge in [0.25, 0.3) is 0 Å². The van der Waals surface area contributed by atoms with Crippen LogP contribution in [0, 0.1) is 0 Å². The van der Waals surface area contributed by atoms with Crippen LogP contribution in [0.2, 0.25) is 0 Å². The first-order valence-electron chi connectivity index (χ1n) is 7.07. The summed E-state index contributed by atoms with van der Waals surface area (Å²) in [5, 5.41) is 0. The van der Waals surface area contributed by atoms with Gasteiger partial charge < -0.3 is 0 Å². The van der Waals surface area contributed by atoms with Gasteiger partial charge in [-0.3, -0.25) is 4.98 Å². The molecule has 23 heavy (non-hydrogen) atoms. The van der Waals surface area contributed by atoms with E-state index in [1.54, 1.807) is 18.6 Å². The number of hydrogen-bond acceptors (Lipinski definition) is 3. The van der Waals surface area contributed by atoms with Gasteiger partial charge in [0.05, 0.1) is 0 Å². The van der Waals surface area contributed by atoms with Crippen molar-refractivity contribution in [3.8, 4) is 0 Å². The maximum absolute atomic E-state index is 4.33. The molecule has 2 aromatic carbocycles. The van der Waals surface area contributed by atoms with E-state index >= 15 is 0 Å². The zero-order chi connectivity index (χ0) is 16.2. The fourth-order valence-electron chi connectivity index (χ4n) is 1.60. The van der Waals surface area contributed by atoms with Gasteiger partial charge in [-0.25, -0.2) is 0 Å².